The third kappa shape index (κ3) is 4.44. The maximum atomic E-state index is 13.1. The van der Waals surface area contributed by atoms with Gasteiger partial charge < -0.3 is 35.1 Å². The molecule has 0 aliphatic carbocycles. The summed E-state index contributed by atoms with van der Waals surface area (Å²) in [5, 5.41) is 22.2. The van der Waals surface area contributed by atoms with Crippen LogP contribution in [0.3, 0.4) is 0 Å². The minimum absolute atomic E-state index is 0.0484. The molecule has 224 valence electrons. The van der Waals surface area contributed by atoms with Gasteiger partial charge >= 0.3 is 13.5 Å². The Balaban J connectivity index is 1.17. The molecular weight excluding hydrogens is 585 g/mol. The summed E-state index contributed by atoms with van der Waals surface area (Å²) >= 11 is 0. The van der Waals surface area contributed by atoms with Crippen molar-refractivity contribution in [3.05, 3.63) is 39.8 Å². The molecule has 4 aromatic rings. The Morgan fingerprint density at radius 2 is 1.79 bits per heavy atom. The number of nitrogens with one attached hydrogen (secondary N) is 2. The molecule has 3 aliphatic rings. The van der Waals surface area contributed by atoms with Crippen LogP contribution in [0.4, 0.5) is 5.82 Å². The van der Waals surface area contributed by atoms with Gasteiger partial charge in [-0.25, -0.2) is 29.3 Å². The van der Waals surface area contributed by atoms with Crippen molar-refractivity contribution in [1.29, 1.82) is 0 Å². The molecule has 3 fully saturated rings. The first-order chi connectivity index (χ1) is 20.1. The zero-order valence-electron chi connectivity index (χ0n) is 21.3. The first-order valence-electron chi connectivity index (χ1n) is 12.7. The number of hydrogen-bond donors (Lipinski definition) is 6. The highest BCUT2D eigenvalue weighted by Crippen LogP contribution is 2.51. The number of fused-ring (bicyclic) bond motifs is 5. The Bertz CT molecular complexity index is 1820. The topological polar surface area (TPSA) is 277 Å². The van der Waals surface area contributed by atoms with E-state index >= 15 is 0 Å². The zero-order valence-corrected chi connectivity index (χ0v) is 22.2. The van der Waals surface area contributed by atoms with E-state index in [0.29, 0.717) is 11.2 Å². The highest BCUT2D eigenvalue weighted by molar-refractivity contribution is 7.47. The molecule has 7 rings (SSSR count). The third-order valence-corrected chi connectivity index (χ3v) is 8.47. The first kappa shape index (κ1) is 27.3. The number of imidazole rings is 2. The number of H-pyrrole nitrogens is 2. The van der Waals surface area contributed by atoms with Crippen LogP contribution in [0.5, 0.6) is 0 Å². The Hall–Kier alpha value is -3.59. The average Bonchev–Trinajstić information content (AvgIpc) is 3.69. The number of hydrogen-bond acceptors (Lipinski definition) is 15. The molecule has 4 aromatic heterocycles. The molecule has 42 heavy (non-hydrogen) atoms. The minimum Gasteiger partial charge on any atom is -0.388 e. The van der Waals surface area contributed by atoms with Crippen LogP contribution in [0.25, 0.3) is 22.3 Å². The molecule has 7 heterocycles. The third-order valence-electron chi connectivity index (χ3n) is 7.49. The van der Waals surface area contributed by atoms with Crippen molar-refractivity contribution in [2.75, 3.05) is 18.9 Å². The highest BCUT2D eigenvalue weighted by Gasteiger charge is 2.52. The summed E-state index contributed by atoms with van der Waals surface area (Å²) in [6.45, 7) is -0.530. The van der Waals surface area contributed by atoms with E-state index in [1.807, 2.05) is 4.98 Å². The van der Waals surface area contributed by atoms with E-state index in [9.17, 15) is 29.3 Å². The molecule has 7 N–H and O–H groups in total. The second-order valence-electron chi connectivity index (χ2n) is 9.94. The van der Waals surface area contributed by atoms with Crippen LogP contribution in [0, 0.1) is 5.92 Å². The molecule has 0 spiro atoms. The number of ether oxygens (including phenoxy) is 3. The summed E-state index contributed by atoms with van der Waals surface area (Å²) in [5.74, 6) is -0.535. The number of nitrogen functional groups attached to an aromatic ring is 1. The smallest absolute Gasteiger partial charge is 0.388 e. The molecule has 2 unspecified atom stereocenters. The molecule has 2 bridgehead atoms. The van der Waals surface area contributed by atoms with Gasteiger partial charge in [0, 0.05) is 5.92 Å². The Morgan fingerprint density at radius 1 is 1.00 bits per heavy atom. The normalized spacial score (nSPS) is 35.7. The number of nitrogens with zero attached hydrogens (tertiary/aromatic N) is 6. The van der Waals surface area contributed by atoms with Crippen LogP contribution in [0.15, 0.2) is 28.6 Å². The predicted octanol–water partition coefficient (Wildman–Crippen LogP) is -2.15. The highest BCUT2D eigenvalue weighted by atomic mass is 31.2. The van der Waals surface area contributed by atoms with Crippen molar-refractivity contribution >= 4 is 36.0 Å². The maximum Gasteiger partial charge on any atom is 0.472 e. The van der Waals surface area contributed by atoms with Gasteiger partial charge in [-0.1, -0.05) is 0 Å². The molecule has 0 saturated carbocycles. The summed E-state index contributed by atoms with van der Waals surface area (Å²) in [5.41, 5.74) is 4.66. The summed E-state index contributed by atoms with van der Waals surface area (Å²) in [6.07, 6.45) is -5.07. The van der Waals surface area contributed by atoms with Gasteiger partial charge in [-0.3, -0.25) is 32.9 Å². The number of aliphatic hydroxyl groups excluding tert-OH is 2. The molecule has 20 nitrogen and oxygen atoms in total. The van der Waals surface area contributed by atoms with Crippen molar-refractivity contribution in [2.45, 2.75) is 49.6 Å². The number of rotatable bonds is 2. The SMILES string of the molecule is Nc1ncnc2c1ncn2[C@@H]1O[C@@H]2COP(=O)(O)O[C@@H]3[C@H](O)C(OCC[C@H]2[C@H]1O)O[C@H]3n1cnc2c(=O)[nH]c(=O)[nH]c21. The van der Waals surface area contributed by atoms with E-state index in [1.54, 1.807) is 0 Å². The lowest BCUT2D eigenvalue weighted by Crippen LogP contribution is -2.37. The standard InChI is InChI=1S/C21H24N9O11P/c22-14-9-15(24-4-23-14)29(5-25-9)18-11(31)7-1-2-37-20-12(32)13(41-42(35,36)38-3-8(7)39-18)19(40-20)30-6-26-10-16(30)27-21(34)28-17(10)33/h4-8,11-13,18-20,31-32H,1-3H2,(H,35,36)(H2,22,23,24)(H2,27,28,33,34)/t7-,8-,11-,12+,13-,18-,19-,20?/m1/s1. The van der Waals surface area contributed by atoms with Gasteiger partial charge in [0.15, 0.2) is 35.7 Å². The number of aromatic nitrogens is 8. The molecule has 21 heteroatoms. The summed E-state index contributed by atoms with van der Waals surface area (Å²) < 4.78 is 44.0. The van der Waals surface area contributed by atoms with Gasteiger partial charge in [-0.2, -0.15) is 0 Å². The van der Waals surface area contributed by atoms with Crippen molar-refractivity contribution in [2.24, 2.45) is 5.92 Å². The van der Waals surface area contributed by atoms with Gasteiger partial charge in [0.25, 0.3) is 5.56 Å². The fourth-order valence-electron chi connectivity index (χ4n) is 5.51. The van der Waals surface area contributed by atoms with Crippen LogP contribution in [-0.4, -0.2) is 98.1 Å². The number of phosphoric ester groups is 1. The summed E-state index contributed by atoms with van der Waals surface area (Å²) in [6, 6.07) is 0. The summed E-state index contributed by atoms with van der Waals surface area (Å²) in [4.78, 5) is 55.3. The van der Waals surface area contributed by atoms with E-state index in [2.05, 4.69) is 24.9 Å². The van der Waals surface area contributed by atoms with Crippen molar-refractivity contribution in [1.82, 2.24) is 39.0 Å². The van der Waals surface area contributed by atoms with Crippen LogP contribution in [0.1, 0.15) is 18.9 Å². The number of nitrogens with two attached hydrogens (primary N) is 1. The largest absolute Gasteiger partial charge is 0.472 e. The Morgan fingerprint density at radius 3 is 2.62 bits per heavy atom. The van der Waals surface area contributed by atoms with Crippen LogP contribution < -0.4 is 17.0 Å². The quantitative estimate of drug-likeness (QED) is 0.132. The lowest BCUT2D eigenvalue weighted by atomic mass is 9.95. The van der Waals surface area contributed by atoms with Crippen LogP contribution in [-0.2, 0) is 27.8 Å². The number of anilines is 1. The van der Waals surface area contributed by atoms with Crippen molar-refractivity contribution < 1.29 is 42.9 Å². The summed E-state index contributed by atoms with van der Waals surface area (Å²) in [7, 11) is -4.92. The Labute approximate surface area is 232 Å². The number of phosphoric acid groups is 1. The van der Waals surface area contributed by atoms with Gasteiger partial charge in [0.2, 0.25) is 0 Å². The predicted molar refractivity (Wildman–Crippen MR) is 135 cm³/mol. The van der Waals surface area contributed by atoms with Gasteiger partial charge in [-0.05, 0) is 6.42 Å². The molecule has 0 radical (unpaired) electrons. The van der Waals surface area contributed by atoms with Crippen molar-refractivity contribution in [3.8, 4) is 0 Å². The lowest BCUT2D eigenvalue weighted by molar-refractivity contribution is -0.178. The zero-order chi connectivity index (χ0) is 29.3. The molecular formula is C21H24N9O11P. The maximum absolute atomic E-state index is 13.1. The van der Waals surface area contributed by atoms with Gasteiger partial charge in [-0.15, -0.1) is 0 Å². The number of aromatic amines is 2. The molecule has 3 saturated heterocycles. The molecule has 0 aromatic carbocycles. The lowest BCUT2D eigenvalue weighted by Gasteiger charge is -2.26. The average molecular weight is 609 g/mol. The second kappa shape index (κ2) is 10.0. The molecule has 0 amide bonds. The van der Waals surface area contributed by atoms with E-state index in [4.69, 9.17) is 29.0 Å². The number of aliphatic hydroxyl groups is 2. The van der Waals surface area contributed by atoms with E-state index in [1.165, 1.54) is 21.8 Å². The fourth-order valence-corrected chi connectivity index (χ4v) is 6.44. The fraction of sp³-hybridized carbons (Fsp3) is 0.524. The Kier molecular flexibility index (Phi) is 6.49. The van der Waals surface area contributed by atoms with E-state index in [-0.39, 0.29) is 30.0 Å². The monoisotopic (exact) mass is 609 g/mol. The molecule has 3 aliphatic heterocycles. The van der Waals surface area contributed by atoms with Crippen LogP contribution >= 0.6 is 7.82 Å². The van der Waals surface area contributed by atoms with Crippen LogP contribution in [0.2, 0.25) is 0 Å². The van der Waals surface area contributed by atoms with Gasteiger partial charge in [0.05, 0.1) is 32.0 Å². The van der Waals surface area contributed by atoms with E-state index in [0.717, 1.165) is 6.33 Å². The van der Waals surface area contributed by atoms with Crippen molar-refractivity contribution in [3.63, 3.8) is 0 Å². The minimum atomic E-state index is -4.92. The second-order valence-corrected chi connectivity index (χ2v) is 11.3. The van der Waals surface area contributed by atoms with E-state index < -0.39 is 74.8 Å². The first-order valence-corrected chi connectivity index (χ1v) is 14.2. The molecule has 9 atom stereocenters. The van der Waals surface area contributed by atoms with Gasteiger partial charge in [0.1, 0.15) is 35.8 Å².